The SMILES string of the molecule is CC/C(=C(\C#C[Si](C)(C)C)c1ccc(OCCCl)cc1)c1ccccc1. The van der Waals surface area contributed by atoms with E-state index in [1.165, 1.54) is 11.1 Å². The predicted molar refractivity (Wildman–Crippen MR) is 117 cm³/mol. The first-order valence-corrected chi connectivity index (χ1v) is 13.1. The summed E-state index contributed by atoms with van der Waals surface area (Å²) >= 11 is 5.70. The fourth-order valence-corrected chi connectivity index (χ4v) is 3.19. The molecule has 0 amide bonds. The van der Waals surface area contributed by atoms with Crippen LogP contribution in [0.2, 0.25) is 19.6 Å². The van der Waals surface area contributed by atoms with Crippen LogP contribution in [0.5, 0.6) is 5.75 Å². The molecule has 0 spiro atoms. The molecule has 0 saturated heterocycles. The van der Waals surface area contributed by atoms with Gasteiger partial charge in [-0.3, -0.25) is 0 Å². The van der Waals surface area contributed by atoms with E-state index in [0.717, 1.165) is 23.3 Å². The van der Waals surface area contributed by atoms with Gasteiger partial charge in [0.05, 0.1) is 5.88 Å². The quantitative estimate of drug-likeness (QED) is 0.239. The number of hydrogen-bond donors (Lipinski definition) is 0. The van der Waals surface area contributed by atoms with Crippen LogP contribution in [-0.2, 0) is 0 Å². The van der Waals surface area contributed by atoms with Crippen LogP contribution in [0.4, 0.5) is 0 Å². The molecule has 0 N–H and O–H groups in total. The van der Waals surface area contributed by atoms with Crippen molar-refractivity contribution in [2.45, 2.75) is 33.0 Å². The Labute approximate surface area is 164 Å². The van der Waals surface area contributed by atoms with Crippen molar-refractivity contribution in [3.8, 4) is 17.2 Å². The Kier molecular flexibility index (Phi) is 7.57. The summed E-state index contributed by atoms with van der Waals surface area (Å²) in [5, 5.41) is 0. The highest BCUT2D eigenvalue weighted by atomic mass is 35.5. The summed E-state index contributed by atoms with van der Waals surface area (Å²) in [7, 11) is -1.48. The van der Waals surface area contributed by atoms with Crippen LogP contribution >= 0.6 is 11.6 Å². The van der Waals surface area contributed by atoms with Crippen LogP contribution in [0.3, 0.4) is 0 Å². The maximum atomic E-state index is 5.70. The highest BCUT2D eigenvalue weighted by Crippen LogP contribution is 2.29. The standard InChI is InChI=1S/C23H27ClOSi/c1-5-22(19-9-7-6-8-10-19)23(15-18-26(2,3)4)20-11-13-21(14-12-20)25-17-16-24/h6-14H,5,16-17H2,1-4H3/b23-22-. The zero-order valence-electron chi connectivity index (χ0n) is 16.1. The molecule has 1 nitrogen and oxygen atoms in total. The van der Waals surface area contributed by atoms with Gasteiger partial charge in [0.1, 0.15) is 20.4 Å². The van der Waals surface area contributed by atoms with E-state index in [-0.39, 0.29) is 0 Å². The van der Waals surface area contributed by atoms with E-state index in [4.69, 9.17) is 16.3 Å². The Balaban J connectivity index is 2.53. The van der Waals surface area contributed by atoms with Crippen LogP contribution in [0.25, 0.3) is 11.1 Å². The van der Waals surface area contributed by atoms with Gasteiger partial charge >= 0.3 is 0 Å². The van der Waals surface area contributed by atoms with E-state index in [9.17, 15) is 0 Å². The van der Waals surface area contributed by atoms with Crippen LogP contribution in [0, 0.1) is 11.5 Å². The van der Waals surface area contributed by atoms with E-state index in [1.54, 1.807) is 0 Å². The van der Waals surface area contributed by atoms with Gasteiger partial charge in [0.15, 0.2) is 0 Å². The summed E-state index contributed by atoms with van der Waals surface area (Å²) in [6, 6.07) is 18.7. The van der Waals surface area contributed by atoms with Crippen LogP contribution in [-0.4, -0.2) is 20.6 Å². The normalized spacial score (nSPS) is 12.0. The van der Waals surface area contributed by atoms with Gasteiger partial charge in [0.2, 0.25) is 0 Å². The molecular formula is C23H27ClOSi. The number of alkyl halides is 1. The molecule has 0 aliphatic heterocycles. The average Bonchev–Trinajstić information content (AvgIpc) is 2.64. The molecule has 0 aromatic heterocycles. The smallest absolute Gasteiger partial charge is 0.129 e. The molecule has 2 aromatic rings. The van der Waals surface area contributed by atoms with Crippen molar-refractivity contribution in [2.24, 2.45) is 0 Å². The van der Waals surface area contributed by atoms with Crippen molar-refractivity contribution in [2.75, 3.05) is 12.5 Å². The molecule has 3 heteroatoms. The second-order valence-electron chi connectivity index (χ2n) is 7.13. The summed E-state index contributed by atoms with van der Waals surface area (Å²) in [5.74, 6) is 4.84. The second-order valence-corrected chi connectivity index (χ2v) is 12.3. The number of ether oxygens (including phenoxy) is 1. The highest BCUT2D eigenvalue weighted by molar-refractivity contribution is 6.84. The fourth-order valence-electron chi connectivity index (χ4n) is 2.61. The van der Waals surface area contributed by atoms with E-state index >= 15 is 0 Å². The zero-order chi connectivity index (χ0) is 19.0. The molecule has 0 aliphatic rings. The first kappa shape index (κ1) is 20.4. The van der Waals surface area contributed by atoms with Gasteiger partial charge in [0, 0.05) is 5.57 Å². The lowest BCUT2D eigenvalue weighted by molar-refractivity contribution is 0.343. The Hall–Kier alpha value is -1.95. The molecule has 0 radical (unpaired) electrons. The third-order valence-corrected chi connectivity index (χ3v) is 4.86. The molecule has 2 aromatic carbocycles. The van der Waals surface area contributed by atoms with Gasteiger partial charge in [-0.25, -0.2) is 0 Å². The van der Waals surface area contributed by atoms with Crippen molar-refractivity contribution >= 4 is 30.8 Å². The molecule has 136 valence electrons. The van der Waals surface area contributed by atoms with Gasteiger partial charge in [-0.05, 0) is 35.3 Å². The van der Waals surface area contributed by atoms with E-state index in [0.29, 0.717) is 12.5 Å². The first-order valence-electron chi connectivity index (χ1n) is 9.05. The van der Waals surface area contributed by atoms with Crippen LogP contribution in [0.15, 0.2) is 54.6 Å². The number of halogens is 1. The Morgan fingerprint density at radius 2 is 1.62 bits per heavy atom. The van der Waals surface area contributed by atoms with Crippen molar-refractivity contribution in [1.82, 2.24) is 0 Å². The molecule has 0 saturated carbocycles. The third kappa shape index (κ3) is 6.09. The molecule has 0 unspecified atom stereocenters. The van der Waals surface area contributed by atoms with Gasteiger partial charge in [0.25, 0.3) is 0 Å². The molecule has 0 bridgehead atoms. The lowest BCUT2D eigenvalue weighted by Gasteiger charge is -2.13. The van der Waals surface area contributed by atoms with Crippen molar-refractivity contribution in [3.63, 3.8) is 0 Å². The molecule has 0 heterocycles. The van der Waals surface area contributed by atoms with Crippen molar-refractivity contribution in [1.29, 1.82) is 0 Å². The molecular weight excluding hydrogens is 356 g/mol. The zero-order valence-corrected chi connectivity index (χ0v) is 17.9. The number of hydrogen-bond acceptors (Lipinski definition) is 1. The monoisotopic (exact) mass is 382 g/mol. The molecule has 0 fully saturated rings. The van der Waals surface area contributed by atoms with E-state index in [2.05, 4.69) is 74.4 Å². The van der Waals surface area contributed by atoms with Crippen LogP contribution in [0.1, 0.15) is 24.5 Å². The number of benzene rings is 2. The fraction of sp³-hybridized carbons (Fsp3) is 0.304. The summed E-state index contributed by atoms with van der Waals surface area (Å²) in [6.07, 6.45) is 0.935. The minimum atomic E-state index is -1.48. The molecule has 26 heavy (non-hydrogen) atoms. The largest absolute Gasteiger partial charge is 0.492 e. The topological polar surface area (TPSA) is 9.23 Å². The maximum Gasteiger partial charge on any atom is 0.129 e. The first-order chi connectivity index (χ1) is 12.4. The van der Waals surface area contributed by atoms with Gasteiger partial charge < -0.3 is 4.74 Å². The van der Waals surface area contributed by atoms with Crippen molar-refractivity contribution in [3.05, 3.63) is 65.7 Å². The van der Waals surface area contributed by atoms with E-state index < -0.39 is 8.07 Å². The summed E-state index contributed by atoms with van der Waals surface area (Å²) in [4.78, 5) is 0. The number of allylic oxidation sites excluding steroid dienone is 2. The lowest BCUT2D eigenvalue weighted by Crippen LogP contribution is -2.16. The average molecular weight is 383 g/mol. The highest BCUT2D eigenvalue weighted by Gasteiger charge is 2.12. The predicted octanol–water partition coefficient (Wildman–Crippen LogP) is 6.51. The Morgan fingerprint density at radius 3 is 2.15 bits per heavy atom. The van der Waals surface area contributed by atoms with Gasteiger partial charge in [-0.2, -0.15) is 0 Å². The summed E-state index contributed by atoms with van der Waals surface area (Å²) < 4.78 is 5.60. The lowest BCUT2D eigenvalue weighted by atomic mass is 9.93. The minimum Gasteiger partial charge on any atom is -0.492 e. The summed E-state index contributed by atoms with van der Waals surface area (Å²) in [5.41, 5.74) is 8.30. The Morgan fingerprint density at radius 1 is 0.962 bits per heavy atom. The summed E-state index contributed by atoms with van der Waals surface area (Å²) in [6.45, 7) is 9.53. The molecule has 0 aliphatic carbocycles. The third-order valence-electron chi connectivity index (χ3n) is 3.83. The van der Waals surface area contributed by atoms with Gasteiger partial charge in [-0.1, -0.05) is 74.9 Å². The maximum absolute atomic E-state index is 5.70. The second kappa shape index (κ2) is 9.66. The Bertz CT molecular complexity index is 790. The molecule has 0 atom stereocenters. The van der Waals surface area contributed by atoms with Crippen LogP contribution < -0.4 is 4.74 Å². The molecule has 2 rings (SSSR count). The van der Waals surface area contributed by atoms with Crippen molar-refractivity contribution < 1.29 is 4.74 Å². The van der Waals surface area contributed by atoms with E-state index in [1.807, 2.05) is 18.2 Å². The van der Waals surface area contributed by atoms with Gasteiger partial charge in [-0.15, -0.1) is 17.1 Å². The number of rotatable bonds is 6. The minimum absolute atomic E-state index is 0.489.